The summed E-state index contributed by atoms with van der Waals surface area (Å²) in [6.07, 6.45) is 0. The van der Waals surface area contributed by atoms with Gasteiger partial charge in [-0.05, 0) is 43.7 Å². The molecule has 1 saturated heterocycles. The van der Waals surface area contributed by atoms with Crippen LogP contribution in [0, 0.1) is 13.8 Å². The topological polar surface area (TPSA) is 76.2 Å². The molecule has 1 heterocycles. The van der Waals surface area contributed by atoms with Gasteiger partial charge < -0.3 is 14.4 Å². The van der Waals surface area contributed by atoms with Gasteiger partial charge in [0.2, 0.25) is 5.91 Å². The van der Waals surface area contributed by atoms with E-state index < -0.39 is 10.0 Å². The van der Waals surface area contributed by atoms with E-state index in [1.807, 2.05) is 19.9 Å². The minimum absolute atomic E-state index is 0.126. The number of benzene rings is 2. The molecule has 1 fully saturated rings. The Balaban J connectivity index is 2.05. The Morgan fingerprint density at radius 1 is 1.07 bits per heavy atom. The van der Waals surface area contributed by atoms with Gasteiger partial charge in [-0.15, -0.1) is 0 Å². The van der Waals surface area contributed by atoms with Gasteiger partial charge in [-0.2, -0.15) is 0 Å². The fraction of sp³-hybridized carbons (Fsp3) is 0.381. The van der Waals surface area contributed by atoms with Gasteiger partial charge in [-0.3, -0.25) is 9.10 Å². The summed E-state index contributed by atoms with van der Waals surface area (Å²) < 4.78 is 38.9. The van der Waals surface area contributed by atoms with E-state index in [1.165, 1.54) is 7.11 Å². The molecule has 0 saturated carbocycles. The summed E-state index contributed by atoms with van der Waals surface area (Å²) in [4.78, 5) is 14.7. The number of morpholine rings is 1. The van der Waals surface area contributed by atoms with Crippen molar-refractivity contribution in [1.29, 1.82) is 0 Å². The first-order valence-electron chi connectivity index (χ1n) is 9.42. The van der Waals surface area contributed by atoms with Crippen LogP contribution < -0.4 is 9.04 Å². The third-order valence-corrected chi connectivity index (χ3v) is 6.63. The summed E-state index contributed by atoms with van der Waals surface area (Å²) in [7, 11) is -2.50. The van der Waals surface area contributed by atoms with Crippen molar-refractivity contribution in [2.24, 2.45) is 0 Å². The second kappa shape index (κ2) is 8.84. The number of hydrogen-bond acceptors (Lipinski definition) is 5. The number of aryl methyl sites for hydroxylation is 2. The molecule has 0 radical (unpaired) electrons. The zero-order chi connectivity index (χ0) is 21.0. The Bertz CT molecular complexity index is 967. The van der Waals surface area contributed by atoms with E-state index in [1.54, 1.807) is 41.3 Å². The van der Waals surface area contributed by atoms with Gasteiger partial charge in [-0.25, -0.2) is 8.42 Å². The van der Waals surface area contributed by atoms with Crippen LogP contribution >= 0.6 is 0 Å². The number of methoxy groups -OCH3 is 1. The first-order valence-corrected chi connectivity index (χ1v) is 10.9. The monoisotopic (exact) mass is 418 g/mol. The van der Waals surface area contributed by atoms with Crippen LogP contribution in [-0.2, 0) is 19.6 Å². The summed E-state index contributed by atoms with van der Waals surface area (Å²) in [5.41, 5.74) is 2.16. The van der Waals surface area contributed by atoms with Gasteiger partial charge in [0.05, 0.1) is 30.9 Å². The van der Waals surface area contributed by atoms with Crippen molar-refractivity contribution in [3.8, 4) is 5.75 Å². The van der Waals surface area contributed by atoms with E-state index >= 15 is 0 Å². The number of ether oxygens (including phenoxy) is 2. The highest BCUT2D eigenvalue weighted by molar-refractivity contribution is 7.92. The first kappa shape index (κ1) is 21.1. The van der Waals surface area contributed by atoms with Crippen LogP contribution in [0.25, 0.3) is 0 Å². The molecular formula is C21H26N2O5S. The Hall–Kier alpha value is -2.58. The predicted molar refractivity (Wildman–Crippen MR) is 111 cm³/mol. The molecule has 0 spiro atoms. The molecule has 156 valence electrons. The highest BCUT2D eigenvalue weighted by atomic mass is 32.2. The van der Waals surface area contributed by atoms with Gasteiger partial charge in [-0.1, -0.05) is 23.8 Å². The van der Waals surface area contributed by atoms with E-state index in [9.17, 15) is 13.2 Å². The maximum atomic E-state index is 13.5. The molecule has 8 heteroatoms. The number of carbonyl (C=O) groups is 1. The van der Waals surface area contributed by atoms with E-state index in [4.69, 9.17) is 9.47 Å². The molecule has 0 unspecified atom stereocenters. The van der Waals surface area contributed by atoms with Crippen molar-refractivity contribution < 1.29 is 22.7 Å². The average Bonchev–Trinajstić information content (AvgIpc) is 2.72. The second-order valence-corrected chi connectivity index (χ2v) is 8.86. The second-order valence-electron chi connectivity index (χ2n) is 6.99. The van der Waals surface area contributed by atoms with Gasteiger partial charge in [0.1, 0.15) is 12.3 Å². The summed E-state index contributed by atoms with van der Waals surface area (Å²) in [5, 5.41) is 0. The quantitative estimate of drug-likeness (QED) is 0.720. The largest absolute Gasteiger partial charge is 0.495 e. The Kier molecular flexibility index (Phi) is 6.44. The number of carbonyl (C=O) groups excluding carboxylic acids is 1. The summed E-state index contributed by atoms with van der Waals surface area (Å²) in [6.45, 7) is 5.23. The van der Waals surface area contributed by atoms with Crippen LogP contribution in [0.5, 0.6) is 5.75 Å². The summed E-state index contributed by atoms with van der Waals surface area (Å²) in [5.74, 6) is 0.119. The molecule has 1 aliphatic heterocycles. The summed E-state index contributed by atoms with van der Waals surface area (Å²) in [6, 6.07) is 11.9. The van der Waals surface area contributed by atoms with Crippen LogP contribution in [0.4, 0.5) is 5.69 Å². The lowest BCUT2D eigenvalue weighted by molar-refractivity contribution is -0.133. The molecule has 3 rings (SSSR count). The maximum Gasteiger partial charge on any atom is 0.264 e. The smallest absolute Gasteiger partial charge is 0.264 e. The van der Waals surface area contributed by atoms with E-state index in [0.717, 1.165) is 15.4 Å². The minimum Gasteiger partial charge on any atom is -0.495 e. The molecule has 0 bridgehead atoms. The number of rotatable bonds is 6. The number of sulfonamides is 1. The zero-order valence-electron chi connectivity index (χ0n) is 16.9. The molecule has 1 amide bonds. The van der Waals surface area contributed by atoms with Gasteiger partial charge >= 0.3 is 0 Å². The van der Waals surface area contributed by atoms with Crippen LogP contribution in [0.1, 0.15) is 11.1 Å². The van der Waals surface area contributed by atoms with Crippen LogP contribution in [0.3, 0.4) is 0 Å². The standard InChI is InChI=1S/C21H26N2O5S/c1-16-4-7-18(8-5-16)29(25,26)23(15-21(24)22-10-12-28-13-11-22)19-14-17(2)6-9-20(19)27-3/h4-9,14H,10-13,15H2,1-3H3. The van der Waals surface area contributed by atoms with Crippen LogP contribution in [-0.4, -0.2) is 59.2 Å². The third-order valence-electron chi connectivity index (χ3n) is 4.85. The van der Waals surface area contributed by atoms with Crippen LogP contribution in [0.2, 0.25) is 0 Å². The molecule has 0 aromatic heterocycles. The molecule has 1 aliphatic rings. The molecule has 7 nitrogen and oxygen atoms in total. The molecule has 2 aromatic carbocycles. The van der Waals surface area contributed by atoms with Crippen molar-refractivity contribution in [3.05, 3.63) is 53.6 Å². The normalized spacial score (nSPS) is 14.5. The summed E-state index contributed by atoms with van der Waals surface area (Å²) >= 11 is 0. The molecule has 29 heavy (non-hydrogen) atoms. The van der Waals surface area contributed by atoms with Crippen molar-refractivity contribution >= 4 is 21.6 Å². The Morgan fingerprint density at radius 2 is 1.69 bits per heavy atom. The van der Waals surface area contributed by atoms with Crippen molar-refractivity contribution in [1.82, 2.24) is 4.90 Å². The molecule has 2 aromatic rings. The number of hydrogen-bond donors (Lipinski definition) is 0. The number of nitrogens with zero attached hydrogens (tertiary/aromatic N) is 2. The highest BCUT2D eigenvalue weighted by Crippen LogP contribution is 2.33. The minimum atomic E-state index is -3.98. The lowest BCUT2D eigenvalue weighted by Crippen LogP contribution is -2.47. The fourth-order valence-electron chi connectivity index (χ4n) is 3.17. The first-order chi connectivity index (χ1) is 13.8. The van der Waals surface area contributed by atoms with Crippen molar-refractivity contribution in [2.75, 3.05) is 44.3 Å². The molecule has 0 N–H and O–H groups in total. The van der Waals surface area contributed by atoms with E-state index in [2.05, 4.69) is 0 Å². The lowest BCUT2D eigenvalue weighted by Gasteiger charge is -2.31. The Morgan fingerprint density at radius 3 is 2.31 bits per heavy atom. The molecule has 0 aliphatic carbocycles. The average molecular weight is 419 g/mol. The fourth-order valence-corrected chi connectivity index (χ4v) is 4.58. The van der Waals surface area contributed by atoms with Crippen molar-refractivity contribution in [3.63, 3.8) is 0 Å². The van der Waals surface area contributed by atoms with Gasteiger partial charge in [0.15, 0.2) is 0 Å². The van der Waals surface area contributed by atoms with E-state index in [0.29, 0.717) is 37.7 Å². The zero-order valence-corrected chi connectivity index (χ0v) is 17.7. The predicted octanol–water partition coefficient (Wildman–Crippen LogP) is 2.37. The van der Waals surface area contributed by atoms with Gasteiger partial charge in [0, 0.05) is 13.1 Å². The third kappa shape index (κ3) is 4.71. The molecular weight excluding hydrogens is 392 g/mol. The van der Waals surface area contributed by atoms with Crippen molar-refractivity contribution in [2.45, 2.75) is 18.7 Å². The lowest BCUT2D eigenvalue weighted by atomic mass is 10.2. The maximum absolute atomic E-state index is 13.5. The SMILES string of the molecule is COc1ccc(C)cc1N(CC(=O)N1CCOCC1)S(=O)(=O)c1ccc(C)cc1. The Labute approximate surface area is 171 Å². The number of amides is 1. The van der Waals surface area contributed by atoms with Crippen LogP contribution in [0.15, 0.2) is 47.4 Å². The van der Waals surface area contributed by atoms with Gasteiger partial charge in [0.25, 0.3) is 10.0 Å². The van der Waals surface area contributed by atoms with E-state index in [-0.39, 0.29) is 17.3 Å². The molecule has 0 atom stereocenters. The highest BCUT2D eigenvalue weighted by Gasteiger charge is 2.31. The number of anilines is 1.